The Hall–Kier alpha value is -1.88. The second kappa shape index (κ2) is 7.65. The molecule has 1 aromatic rings. The lowest BCUT2D eigenvalue weighted by molar-refractivity contribution is -0.136. The van der Waals surface area contributed by atoms with Gasteiger partial charge in [0.05, 0.1) is 12.6 Å². The molecule has 2 amide bonds. The number of aryl methyl sites for hydroxylation is 1. The summed E-state index contributed by atoms with van der Waals surface area (Å²) in [6.07, 6.45) is 0.625. The Morgan fingerprint density at radius 2 is 1.95 bits per heavy atom. The quantitative estimate of drug-likeness (QED) is 0.713. The Bertz CT molecular complexity index is 472. The topological polar surface area (TPSA) is 78.4 Å². The first-order valence-corrected chi connectivity index (χ1v) is 6.71. The molecule has 0 aliphatic rings. The highest BCUT2D eigenvalue weighted by Crippen LogP contribution is 2.09. The van der Waals surface area contributed by atoms with Gasteiger partial charge in [0, 0.05) is 5.69 Å². The number of rotatable bonds is 5. The Morgan fingerprint density at radius 3 is 2.50 bits per heavy atom. The van der Waals surface area contributed by atoms with Crippen molar-refractivity contribution in [2.45, 2.75) is 33.2 Å². The van der Waals surface area contributed by atoms with Crippen LogP contribution in [-0.2, 0) is 9.59 Å². The summed E-state index contributed by atoms with van der Waals surface area (Å²) in [6, 6.07) is 6.81. The van der Waals surface area contributed by atoms with Crippen LogP contribution in [0.4, 0.5) is 5.69 Å². The highest BCUT2D eigenvalue weighted by molar-refractivity contribution is 6.39. The monoisotopic (exact) mass is 278 g/mol. The molecule has 1 aromatic carbocycles. The van der Waals surface area contributed by atoms with E-state index in [1.165, 1.54) is 0 Å². The predicted octanol–water partition coefficient (Wildman–Crippen LogP) is 1.46. The summed E-state index contributed by atoms with van der Waals surface area (Å²) in [5, 5.41) is 14.2. The summed E-state index contributed by atoms with van der Waals surface area (Å²) in [6.45, 7) is 5.70. The fourth-order valence-corrected chi connectivity index (χ4v) is 1.91. The highest BCUT2D eigenvalue weighted by Gasteiger charge is 2.19. The van der Waals surface area contributed by atoms with E-state index in [9.17, 15) is 14.7 Å². The summed E-state index contributed by atoms with van der Waals surface area (Å²) in [5.74, 6) is -1.13. The SMILES string of the molecule is Cc1cccc(NC(=O)C(=O)NC(CO)CC(C)C)c1. The molecule has 1 atom stereocenters. The van der Waals surface area contributed by atoms with E-state index in [1.807, 2.05) is 26.8 Å². The number of anilines is 1. The van der Waals surface area contributed by atoms with Crippen LogP contribution in [0.3, 0.4) is 0 Å². The fraction of sp³-hybridized carbons (Fsp3) is 0.467. The Balaban J connectivity index is 2.56. The zero-order chi connectivity index (χ0) is 15.1. The minimum absolute atomic E-state index is 0.179. The second-order valence-corrected chi connectivity index (χ2v) is 5.31. The zero-order valence-electron chi connectivity index (χ0n) is 12.1. The van der Waals surface area contributed by atoms with Crippen LogP contribution in [0, 0.1) is 12.8 Å². The molecule has 3 N–H and O–H groups in total. The zero-order valence-corrected chi connectivity index (χ0v) is 12.1. The van der Waals surface area contributed by atoms with Crippen LogP contribution in [0.2, 0.25) is 0 Å². The maximum absolute atomic E-state index is 11.8. The van der Waals surface area contributed by atoms with Crippen LogP contribution >= 0.6 is 0 Å². The molecular weight excluding hydrogens is 256 g/mol. The third kappa shape index (κ3) is 5.40. The van der Waals surface area contributed by atoms with E-state index in [-0.39, 0.29) is 6.61 Å². The van der Waals surface area contributed by atoms with Crippen molar-refractivity contribution >= 4 is 17.5 Å². The van der Waals surface area contributed by atoms with Crippen molar-refractivity contribution < 1.29 is 14.7 Å². The molecule has 5 nitrogen and oxygen atoms in total. The third-order valence-corrected chi connectivity index (χ3v) is 2.79. The molecular formula is C15H22N2O3. The summed E-state index contributed by atoms with van der Waals surface area (Å²) < 4.78 is 0. The normalized spacial score (nSPS) is 12.1. The molecule has 1 rings (SSSR count). The van der Waals surface area contributed by atoms with Crippen molar-refractivity contribution in [1.29, 1.82) is 0 Å². The Labute approximate surface area is 119 Å². The van der Waals surface area contributed by atoms with Crippen molar-refractivity contribution in [1.82, 2.24) is 5.32 Å². The largest absolute Gasteiger partial charge is 0.394 e. The Morgan fingerprint density at radius 1 is 1.25 bits per heavy atom. The highest BCUT2D eigenvalue weighted by atomic mass is 16.3. The van der Waals surface area contributed by atoms with Crippen molar-refractivity contribution in [2.24, 2.45) is 5.92 Å². The number of nitrogens with one attached hydrogen (secondary N) is 2. The van der Waals surface area contributed by atoms with Crippen LogP contribution in [0.1, 0.15) is 25.8 Å². The number of hydrogen-bond donors (Lipinski definition) is 3. The van der Waals surface area contributed by atoms with Gasteiger partial charge in [-0.2, -0.15) is 0 Å². The van der Waals surface area contributed by atoms with Gasteiger partial charge in [-0.1, -0.05) is 26.0 Å². The lowest BCUT2D eigenvalue weighted by Crippen LogP contribution is -2.44. The molecule has 0 saturated carbocycles. The summed E-state index contributed by atoms with van der Waals surface area (Å²) >= 11 is 0. The van der Waals surface area contributed by atoms with E-state index in [0.29, 0.717) is 18.0 Å². The molecule has 0 aliphatic heterocycles. The first-order valence-electron chi connectivity index (χ1n) is 6.71. The molecule has 0 saturated heterocycles. The fourth-order valence-electron chi connectivity index (χ4n) is 1.91. The second-order valence-electron chi connectivity index (χ2n) is 5.31. The first-order chi connectivity index (χ1) is 9.42. The smallest absolute Gasteiger partial charge is 0.313 e. The van der Waals surface area contributed by atoms with Crippen LogP contribution in [0.25, 0.3) is 0 Å². The van der Waals surface area contributed by atoms with Crippen LogP contribution in [0.15, 0.2) is 24.3 Å². The first kappa shape index (κ1) is 16.2. The predicted molar refractivity (Wildman–Crippen MR) is 78.3 cm³/mol. The van der Waals surface area contributed by atoms with Gasteiger partial charge < -0.3 is 15.7 Å². The lowest BCUT2D eigenvalue weighted by Gasteiger charge is -2.17. The van der Waals surface area contributed by atoms with Crippen LogP contribution in [-0.4, -0.2) is 29.6 Å². The summed E-state index contributed by atoms with van der Waals surface area (Å²) in [5.41, 5.74) is 1.57. The number of amides is 2. The molecule has 1 unspecified atom stereocenters. The van der Waals surface area contributed by atoms with Gasteiger partial charge in [-0.15, -0.1) is 0 Å². The van der Waals surface area contributed by atoms with Gasteiger partial charge >= 0.3 is 11.8 Å². The van der Waals surface area contributed by atoms with Crippen molar-refractivity contribution in [3.63, 3.8) is 0 Å². The van der Waals surface area contributed by atoms with E-state index < -0.39 is 17.9 Å². The number of benzene rings is 1. The molecule has 0 bridgehead atoms. The number of carbonyl (C=O) groups excluding carboxylic acids is 2. The Kier molecular flexibility index (Phi) is 6.18. The van der Waals surface area contributed by atoms with Crippen LogP contribution < -0.4 is 10.6 Å². The maximum Gasteiger partial charge on any atom is 0.313 e. The molecule has 0 heterocycles. The van der Waals surface area contributed by atoms with Gasteiger partial charge in [0.1, 0.15) is 0 Å². The molecule has 0 aliphatic carbocycles. The van der Waals surface area contributed by atoms with E-state index in [4.69, 9.17) is 0 Å². The minimum atomic E-state index is -0.730. The number of carbonyl (C=O) groups is 2. The van der Waals surface area contributed by atoms with Gasteiger partial charge in [0.15, 0.2) is 0 Å². The molecule has 0 fully saturated rings. The molecule has 0 spiro atoms. The summed E-state index contributed by atoms with van der Waals surface area (Å²) in [4.78, 5) is 23.5. The van der Waals surface area contributed by atoms with Crippen molar-refractivity contribution in [2.75, 3.05) is 11.9 Å². The minimum Gasteiger partial charge on any atom is -0.394 e. The van der Waals surface area contributed by atoms with E-state index >= 15 is 0 Å². The number of aliphatic hydroxyl groups is 1. The summed E-state index contributed by atoms with van der Waals surface area (Å²) in [7, 11) is 0. The molecule has 20 heavy (non-hydrogen) atoms. The average Bonchev–Trinajstić information content (AvgIpc) is 2.37. The maximum atomic E-state index is 11.8. The van der Waals surface area contributed by atoms with Crippen molar-refractivity contribution in [3.8, 4) is 0 Å². The van der Waals surface area contributed by atoms with Gasteiger partial charge in [-0.05, 0) is 37.0 Å². The number of aliphatic hydroxyl groups excluding tert-OH is 1. The van der Waals surface area contributed by atoms with Gasteiger partial charge in [0.25, 0.3) is 0 Å². The molecule has 5 heteroatoms. The van der Waals surface area contributed by atoms with E-state index in [2.05, 4.69) is 10.6 Å². The standard InChI is InChI=1S/C15H22N2O3/c1-10(2)7-13(9-18)17-15(20)14(19)16-12-6-4-5-11(3)8-12/h4-6,8,10,13,18H,7,9H2,1-3H3,(H,16,19)(H,17,20). The number of hydrogen-bond acceptors (Lipinski definition) is 3. The lowest BCUT2D eigenvalue weighted by atomic mass is 10.0. The van der Waals surface area contributed by atoms with E-state index in [1.54, 1.807) is 18.2 Å². The molecule has 0 aromatic heterocycles. The van der Waals surface area contributed by atoms with Crippen LogP contribution in [0.5, 0.6) is 0 Å². The van der Waals surface area contributed by atoms with Gasteiger partial charge in [0.2, 0.25) is 0 Å². The molecule has 0 radical (unpaired) electrons. The average molecular weight is 278 g/mol. The van der Waals surface area contributed by atoms with Gasteiger partial charge in [-0.3, -0.25) is 9.59 Å². The van der Waals surface area contributed by atoms with E-state index in [0.717, 1.165) is 5.56 Å². The van der Waals surface area contributed by atoms with Crippen molar-refractivity contribution in [3.05, 3.63) is 29.8 Å². The van der Waals surface area contributed by atoms with Gasteiger partial charge in [-0.25, -0.2) is 0 Å². The third-order valence-electron chi connectivity index (χ3n) is 2.79. The molecule has 110 valence electrons.